The third kappa shape index (κ3) is 2.94. The van der Waals surface area contributed by atoms with Crippen molar-refractivity contribution in [2.75, 3.05) is 19.6 Å². The van der Waals surface area contributed by atoms with E-state index in [2.05, 4.69) is 15.0 Å². The Morgan fingerprint density at radius 2 is 1.93 bits per heavy atom. The molecule has 150 valence electrons. The fraction of sp³-hybridized carbons (Fsp3) is 0.476. The first kappa shape index (κ1) is 18.0. The first-order valence-electron chi connectivity index (χ1n) is 10.2. The van der Waals surface area contributed by atoms with E-state index in [1.165, 1.54) is 6.20 Å². The van der Waals surface area contributed by atoms with Crippen molar-refractivity contribution in [1.29, 1.82) is 0 Å². The first-order chi connectivity index (χ1) is 14.1. The molecule has 2 aromatic rings. The lowest BCUT2D eigenvalue weighted by Gasteiger charge is -2.50. The number of nitrogens with one attached hydrogen (secondary N) is 1. The molecule has 0 bridgehead atoms. The summed E-state index contributed by atoms with van der Waals surface area (Å²) in [6.45, 7) is 1.52. The summed E-state index contributed by atoms with van der Waals surface area (Å²) in [5.41, 5.74) is 1.83. The molecule has 29 heavy (non-hydrogen) atoms. The molecule has 1 spiro atoms. The summed E-state index contributed by atoms with van der Waals surface area (Å²) < 4.78 is 0. The number of hydrogen-bond donors (Lipinski definition) is 1. The highest BCUT2D eigenvalue weighted by Gasteiger charge is 2.51. The highest BCUT2D eigenvalue weighted by Crippen LogP contribution is 2.45. The number of carbonyl (C=O) groups excluding carboxylic acids is 3. The smallest absolute Gasteiger partial charge is 0.295 e. The number of pyridine rings is 1. The molecule has 4 heterocycles. The number of ketones is 1. The number of H-pyrrole nitrogens is 1. The lowest BCUT2D eigenvalue weighted by molar-refractivity contribution is -0.144. The van der Waals surface area contributed by atoms with Crippen molar-refractivity contribution >= 4 is 17.6 Å². The maximum absolute atomic E-state index is 13.0. The summed E-state index contributed by atoms with van der Waals surface area (Å²) >= 11 is 0. The number of nitrogens with zero attached hydrogens (tertiary/aromatic N) is 4. The average molecular weight is 393 g/mol. The summed E-state index contributed by atoms with van der Waals surface area (Å²) in [4.78, 5) is 53.6. The predicted molar refractivity (Wildman–Crippen MR) is 103 cm³/mol. The van der Waals surface area contributed by atoms with Crippen LogP contribution in [0.1, 0.15) is 47.4 Å². The van der Waals surface area contributed by atoms with E-state index >= 15 is 0 Å². The summed E-state index contributed by atoms with van der Waals surface area (Å²) in [6.07, 6.45) is 8.57. The Kier molecular flexibility index (Phi) is 4.22. The molecule has 2 amide bonds. The van der Waals surface area contributed by atoms with Gasteiger partial charge in [0, 0.05) is 55.6 Å². The third-order valence-corrected chi connectivity index (χ3v) is 6.45. The first-order valence-corrected chi connectivity index (χ1v) is 10.2. The zero-order valence-corrected chi connectivity index (χ0v) is 16.1. The van der Waals surface area contributed by atoms with E-state index in [9.17, 15) is 14.4 Å². The molecule has 0 atom stereocenters. The van der Waals surface area contributed by atoms with Crippen LogP contribution in [0.5, 0.6) is 0 Å². The highest BCUT2D eigenvalue weighted by atomic mass is 16.2. The van der Waals surface area contributed by atoms with Crippen molar-refractivity contribution in [3.05, 3.63) is 47.8 Å². The van der Waals surface area contributed by atoms with Crippen molar-refractivity contribution in [3.8, 4) is 0 Å². The van der Waals surface area contributed by atoms with Crippen molar-refractivity contribution in [3.63, 3.8) is 0 Å². The molecule has 0 unspecified atom stereocenters. The Morgan fingerprint density at radius 1 is 1.14 bits per heavy atom. The lowest BCUT2D eigenvalue weighted by atomic mass is 9.78. The summed E-state index contributed by atoms with van der Waals surface area (Å²) in [6, 6.07) is 3.25. The standard InChI is InChI=1S/C21H23N5O3/c27-17(15-2-1-8-22-12-15)20(29)25-10-6-21(7-11-25)18-16(23-13-24-18)5-9-26(21)19(28)14-3-4-14/h1-2,8,12-14H,3-7,9-11H2,(H,23,24). The number of piperidine rings is 1. The second-order valence-electron chi connectivity index (χ2n) is 8.14. The molecule has 2 aromatic heterocycles. The van der Waals surface area contributed by atoms with Gasteiger partial charge in [-0.05, 0) is 37.8 Å². The minimum atomic E-state index is -0.538. The second kappa shape index (κ2) is 6.79. The Morgan fingerprint density at radius 3 is 2.62 bits per heavy atom. The number of aromatic amines is 1. The van der Waals surface area contributed by atoms with Gasteiger partial charge < -0.3 is 14.8 Å². The van der Waals surface area contributed by atoms with E-state index in [4.69, 9.17) is 0 Å². The molecule has 8 heteroatoms. The molecule has 0 radical (unpaired) electrons. The van der Waals surface area contributed by atoms with E-state index in [0.29, 0.717) is 38.0 Å². The fourth-order valence-corrected chi connectivity index (χ4v) is 4.70. The van der Waals surface area contributed by atoms with Gasteiger partial charge in [0.2, 0.25) is 5.91 Å². The van der Waals surface area contributed by atoms with Crippen LogP contribution in [-0.2, 0) is 21.5 Å². The molecule has 2 fully saturated rings. The van der Waals surface area contributed by atoms with Crippen molar-refractivity contribution < 1.29 is 14.4 Å². The van der Waals surface area contributed by atoms with Crippen LogP contribution >= 0.6 is 0 Å². The van der Waals surface area contributed by atoms with Crippen LogP contribution in [0.15, 0.2) is 30.9 Å². The van der Waals surface area contributed by atoms with E-state index < -0.39 is 17.2 Å². The zero-order chi connectivity index (χ0) is 20.0. The number of aromatic nitrogens is 3. The van der Waals surface area contributed by atoms with Crippen molar-refractivity contribution in [1.82, 2.24) is 24.8 Å². The number of carbonyl (C=O) groups is 3. The molecule has 2 aliphatic heterocycles. The largest absolute Gasteiger partial charge is 0.348 e. The number of imidazole rings is 1. The number of Topliss-reactive ketones (excluding diaryl/α,β-unsaturated/α-hetero) is 1. The Balaban J connectivity index is 1.38. The molecule has 1 saturated carbocycles. The van der Waals surface area contributed by atoms with Crippen molar-refractivity contribution in [2.24, 2.45) is 5.92 Å². The van der Waals surface area contributed by atoms with Crippen LogP contribution in [0, 0.1) is 5.92 Å². The van der Waals surface area contributed by atoms with Gasteiger partial charge in [-0.3, -0.25) is 19.4 Å². The van der Waals surface area contributed by atoms with Gasteiger partial charge in [-0.2, -0.15) is 0 Å². The van der Waals surface area contributed by atoms with Crippen LogP contribution in [0.25, 0.3) is 0 Å². The van der Waals surface area contributed by atoms with Gasteiger partial charge >= 0.3 is 0 Å². The van der Waals surface area contributed by atoms with E-state index in [1.807, 2.05) is 4.90 Å². The molecule has 8 nitrogen and oxygen atoms in total. The summed E-state index contributed by atoms with van der Waals surface area (Å²) in [5.74, 6) is -0.695. The topological polar surface area (TPSA) is 99.3 Å². The minimum absolute atomic E-state index is 0.138. The summed E-state index contributed by atoms with van der Waals surface area (Å²) in [5, 5.41) is 0. The molecule has 3 aliphatic rings. The summed E-state index contributed by atoms with van der Waals surface area (Å²) in [7, 11) is 0. The second-order valence-corrected chi connectivity index (χ2v) is 8.14. The van der Waals surface area contributed by atoms with Crippen LogP contribution in [0.2, 0.25) is 0 Å². The minimum Gasteiger partial charge on any atom is -0.348 e. The van der Waals surface area contributed by atoms with Crippen LogP contribution in [0.4, 0.5) is 0 Å². The number of fused-ring (bicyclic) bond motifs is 2. The Hall–Kier alpha value is -3.03. The van der Waals surface area contributed by atoms with Gasteiger partial charge in [0.1, 0.15) is 0 Å². The average Bonchev–Trinajstić information content (AvgIpc) is 3.50. The van der Waals surface area contributed by atoms with Gasteiger partial charge in [-0.1, -0.05) is 0 Å². The normalized spacial score (nSPS) is 20.4. The molecule has 1 saturated heterocycles. The van der Waals surface area contributed by atoms with E-state index in [0.717, 1.165) is 30.7 Å². The third-order valence-electron chi connectivity index (χ3n) is 6.45. The van der Waals surface area contributed by atoms with Gasteiger partial charge in [0.05, 0.1) is 17.6 Å². The molecular weight excluding hydrogens is 370 g/mol. The number of rotatable bonds is 3. The van der Waals surface area contributed by atoms with Gasteiger partial charge in [-0.15, -0.1) is 0 Å². The fourth-order valence-electron chi connectivity index (χ4n) is 4.70. The zero-order valence-electron chi connectivity index (χ0n) is 16.1. The molecule has 0 aromatic carbocycles. The molecule has 1 N–H and O–H groups in total. The lowest BCUT2D eigenvalue weighted by Crippen LogP contribution is -2.59. The Bertz CT molecular complexity index is 958. The van der Waals surface area contributed by atoms with E-state index in [-0.39, 0.29) is 11.8 Å². The van der Waals surface area contributed by atoms with Gasteiger partial charge in [0.25, 0.3) is 11.7 Å². The maximum atomic E-state index is 13.0. The van der Waals surface area contributed by atoms with Crippen LogP contribution < -0.4 is 0 Å². The van der Waals surface area contributed by atoms with Gasteiger partial charge in [-0.25, -0.2) is 4.98 Å². The monoisotopic (exact) mass is 393 g/mol. The molecular formula is C21H23N5O3. The highest BCUT2D eigenvalue weighted by molar-refractivity contribution is 6.42. The number of hydrogen-bond acceptors (Lipinski definition) is 5. The van der Waals surface area contributed by atoms with Crippen LogP contribution in [-0.4, -0.2) is 62.0 Å². The van der Waals surface area contributed by atoms with Gasteiger partial charge in [0.15, 0.2) is 0 Å². The SMILES string of the molecule is O=C(C(=O)N1CCC2(CC1)c1nc[nH]c1CCN2C(=O)C1CC1)c1cccnc1. The predicted octanol–water partition coefficient (Wildman–Crippen LogP) is 1.30. The quantitative estimate of drug-likeness (QED) is 0.626. The van der Waals surface area contributed by atoms with Crippen molar-refractivity contribution in [2.45, 2.75) is 37.6 Å². The maximum Gasteiger partial charge on any atom is 0.295 e. The molecule has 5 rings (SSSR count). The number of amides is 2. The van der Waals surface area contributed by atoms with Crippen LogP contribution in [0.3, 0.4) is 0 Å². The van der Waals surface area contributed by atoms with E-state index in [1.54, 1.807) is 29.6 Å². The molecule has 1 aliphatic carbocycles. The number of likely N-dealkylation sites (tertiary alicyclic amines) is 1. The Labute approximate surface area is 168 Å².